The molecule has 4 N–H and O–H groups in total. The molecule has 1 rings (SSSR count). The SMILES string of the molecule is CC(Cc1ccc(F)cc1)NC(=O)N[C@@H](CCO)C(=O)O. The summed E-state index contributed by atoms with van der Waals surface area (Å²) in [4.78, 5) is 22.5. The number of aliphatic hydroxyl groups is 1. The van der Waals surface area contributed by atoms with Crippen molar-refractivity contribution in [2.24, 2.45) is 0 Å². The number of aliphatic carboxylic acids is 1. The molecule has 0 aliphatic heterocycles. The normalized spacial score (nSPS) is 13.3. The summed E-state index contributed by atoms with van der Waals surface area (Å²) >= 11 is 0. The van der Waals surface area contributed by atoms with Crippen molar-refractivity contribution in [3.63, 3.8) is 0 Å². The number of amides is 2. The second kappa shape index (κ2) is 8.21. The van der Waals surface area contributed by atoms with E-state index in [2.05, 4.69) is 10.6 Å². The maximum Gasteiger partial charge on any atom is 0.326 e. The molecule has 1 aromatic rings. The minimum absolute atomic E-state index is 0.0604. The highest BCUT2D eigenvalue weighted by molar-refractivity contribution is 5.82. The van der Waals surface area contributed by atoms with E-state index >= 15 is 0 Å². The summed E-state index contributed by atoms with van der Waals surface area (Å²) < 4.78 is 12.8. The van der Waals surface area contributed by atoms with Crippen LogP contribution in [-0.2, 0) is 11.2 Å². The molecule has 0 aliphatic carbocycles. The molecule has 0 heterocycles. The Hall–Kier alpha value is -2.15. The highest BCUT2D eigenvalue weighted by Crippen LogP contribution is 2.05. The Kier molecular flexibility index (Phi) is 6.61. The molecule has 6 nitrogen and oxygen atoms in total. The molecule has 0 fully saturated rings. The van der Waals surface area contributed by atoms with Crippen molar-refractivity contribution in [1.82, 2.24) is 10.6 Å². The minimum Gasteiger partial charge on any atom is -0.480 e. The average Bonchev–Trinajstić information content (AvgIpc) is 2.40. The molecule has 0 bridgehead atoms. The van der Waals surface area contributed by atoms with Crippen molar-refractivity contribution in [1.29, 1.82) is 0 Å². The molecule has 21 heavy (non-hydrogen) atoms. The van der Waals surface area contributed by atoms with Crippen molar-refractivity contribution in [3.05, 3.63) is 35.6 Å². The predicted octanol–water partition coefficient (Wildman–Crippen LogP) is 0.892. The highest BCUT2D eigenvalue weighted by Gasteiger charge is 2.19. The number of benzene rings is 1. The highest BCUT2D eigenvalue weighted by atomic mass is 19.1. The van der Waals surface area contributed by atoms with E-state index in [0.29, 0.717) is 6.42 Å². The first-order valence-electron chi connectivity index (χ1n) is 6.57. The molecule has 2 atom stereocenters. The van der Waals surface area contributed by atoms with Gasteiger partial charge in [0.15, 0.2) is 0 Å². The molecule has 0 saturated heterocycles. The lowest BCUT2D eigenvalue weighted by atomic mass is 10.1. The number of halogens is 1. The first-order valence-corrected chi connectivity index (χ1v) is 6.57. The summed E-state index contributed by atoms with van der Waals surface area (Å²) in [5.41, 5.74) is 0.856. The molecule has 116 valence electrons. The fraction of sp³-hybridized carbons (Fsp3) is 0.429. The second-order valence-electron chi connectivity index (χ2n) is 4.75. The quantitative estimate of drug-likeness (QED) is 0.601. The lowest BCUT2D eigenvalue weighted by Crippen LogP contribution is -2.49. The zero-order chi connectivity index (χ0) is 15.8. The number of carbonyl (C=O) groups is 2. The Morgan fingerprint density at radius 3 is 2.38 bits per heavy atom. The van der Waals surface area contributed by atoms with Crippen LogP contribution >= 0.6 is 0 Å². The molecule has 0 aromatic heterocycles. The van der Waals surface area contributed by atoms with Crippen LogP contribution in [0.15, 0.2) is 24.3 Å². The molecule has 1 unspecified atom stereocenters. The van der Waals surface area contributed by atoms with Crippen molar-refractivity contribution in [3.8, 4) is 0 Å². The van der Waals surface area contributed by atoms with Gasteiger partial charge >= 0.3 is 12.0 Å². The van der Waals surface area contributed by atoms with Crippen LogP contribution in [0, 0.1) is 5.82 Å². The van der Waals surface area contributed by atoms with Crippen molar-refractivity contribution >= 4 is 12.0 Å². The van der Waals surface area contributed by atoms with Gasteiger partial charge in [0, 0.05) is 19.1 Å². The molecule has 7 heteroatoms. The van der Waals surface area contributed by atoms with Crippen LogP contribution in [0.4, 0.5) is 9.18 Å². The molecular weight excluding hydrogens is 279 g/mol. The van der Waals surface area contributed by atoms with Gasteiger partial charge in [0.25, 0.3) is 0 Å². The summed E-state index contributed by atoms with van der Waals surface area (Å²) in [6.45, 7) is 1.42. The zero-order valence-corrected chi connectivity index (χ0v) is 11.7. The van der Waals surface area contributed by atoms with E-state index in [-0.39, 0.29) is 24.9 Å². The number of nitrogens with one attached hydrogen (secondary N) is 2. The summed E-state index contributed by atoms with van der Waals surface area (Å²) in [5, 5.41) is 22.5. The Morgan fingerprint density at radius 1 is 1.24 bits per heavy atom. The largest absolute Gasteiger partial charge is 0.480 e. The van der Waals surface area contributed by atoms with Crippen LogP contribution in [0.5, 0.6) is 0 Å². The van der Waals surface area contributed by atoms with E-state index in [1.165, 1.54) is 12.1 Å². The number of carboxylic acid groups (broad SMARTS) is 1. The third-order valence-electron chi connectivity index (χ3n) is 2.85. The van der Waals surface area contributed by atoms with Crippen LogP contribution in [0.3, 0.4) is 0 Å². The number of aliphatic hydroxyl groups excluding tert-OH is 1. The van der Waals surface area contributed by atoms with E-state index in [1.807, 2.05) is 0 Å². The number of carboxylic acids is 1. The Morgan fingerprint density at radius 2 is 1.86 bits per heavy atom. The van der Waals surface area contributed by atoms with Crippen LogP contribution in [0.1, 0.15) is 18.9 Å². The topological polar surface area (TPSA) is 98.7 Å². The van der Waals surface area contributed by atoms with Crippen molar-refractivity contribution in [2.45, 2.75) is 31.8 Å². The smallest absolute Gasteiger partial charge is 0.326 e. The first kappa shape index (κ1) is 16.9. The van der Waals surface area contributed by atoms with E-state index < -0.39 is 18.0 Å². The van der Waals surface area contributed by atoms with Gasteiger partial charge in [-0.1, -0.05) is 12.1 Å². The van der Waals surface area contributed by atoms with Crippen molar-refractivity contribution in [2.75, 3.05) is 6.61 Å². The van der Waals surface area contributed by atoms with Crippen molar-refractivity contribution < 1.29 is 24.2 Å². The fourth-order valence-electron chi connectivity index (χ4n) is 1.84. The molecule has 0 spiro atoms. The number of hydrogen-bond donors (Lipinski definition) is 4. The Balaban J connectivity index is 2.46. The molecular formula is C14H19FN2O4. The standard InChI is InChI=1S/C14H19FN2O4/c1-9(8-10-2-4-11(15)5-3-10)16-14(21)17-12(6-7-18)13(19)20/h2-5,9,12,18H,6-8H2,1H3,(H,19,20)(H2,16,17,21)/t9?,12-/m0/s1. The van der Waals surface area contributed by atoms with E-state index in [9.17, 15) is 14.0 Å². The minimum atomic E-state index is -1.20. The van der Waals surface area contributed by atoms with Gasteiger partial charge in [0.1, 0.15) is 11.9 Å². The van der Waals surface area contributed by atoms with Gasteiger partial charge in [-0.3, -0.25) is 0 Å². The lowest BCUT2D eigenvalue weighted by Gasteiger charge is -2.18. The predicted molar refractivity (Wildman–Crippen MR) is 74.4 cm³/mol. The maximum atomic E-state index is 12.8. The molecule has 0 aliphatic rings. The summed E-state index contributed by atoms with van der Waals surface area (Å²) in [5.74, 6) is -1.53. The van der Waals surface area contributed by atoms with Gasteiger partial charge in [-0.15, -0.1) is 0 Å². The van der Waals surface area contributed by atoms with Gasteiger partial charge < -0.3 is 20.8 Å². The number of carbonyl (C=O) groups excluding carboxylic acids is 1. The maximum absolute atomic E-state index is 12.8. The average molecular weight is 298 g/mol. The molecule has 0 saturated carbocycles. The number of hydrogen-bond acceptors (Lipinski definition) is 3. The Labute approximate surface area is 122 Å². The van der Waals surface area contributed by atoms with Gasteiger partial charge in [-0.25, -0.2) is 14.0 Å². The van der Waals surface area contributed by atoms with Crippen LogP contribution in [0.25, 0.3) is 0 Å². The fourth-order valence-corrected chi connectivity index (χ4v) is 1.84. The van der Waals surface area contributed by atoms with Gasteiger partial charge in [-0.05, 0) is 31.0 Å². The zero-order valence-electron chi connectivity index (χ0n) is 11.7. The number of urea groups is 1. The van der Waals surface area contributed by atoms with Gasteiger partial charge in [0.2, 0.25) is 0 Å². The third kappa shape index (κ3) is 6.22. The van der Waals surface area contributed by atoms with Gasteiger partial charge in [0.05, 0.1) is 0 Å². The van der Waals surface area contributed by atoms with Crippen LogP contribution in [-0.4, -0.2) is 40.9 Å². The summed E-state index contributed by atoms with van der Waals surface area (Å²) in [6, 6.07) is 3.92. The lowest BCUT2D eigenvalue weighted by molar-refractivity contribution is -0.139. The third-order valence-corrected chi connectivity index (χ3v) is 2.85. The van der Waals surface area contributed by atoms with E-state index in [1.54, 1.807) is 19.1 Å². The number of rotatable bonds is 7. The summed E-state index contributed by atoms with van der Waals surface area (Å²) in [7, 11) is 0. The van der Waals surface area contributed by atoms with Crippen LogP contribution < -0.4 is 10.6 Å². The molecule has 0 radical (unpaired) electrons. The van der Waals surface area contributed by atoms with E-state index in [0.717, 1.165) is 5.56 Å². The monoisotopic (exact) mass is 298 g/mol. The molecule has 1 aromatic carbocycles. The molecule has 2 amide bonds. The van der Waals surface area contributed by atoms with E-state index in [4.69, 9.17) is 10.2 Å². The first-order chi connectivity index (χ1) is 9.92. The van der Waals surface area contributed by atoms with Crippen LogP contribution in [0.2, 0.25) is 0 Å². The second-order valence-corrected chi connectivity index (χ2v) is 4.75. The summed E-state index contributed by atoms with van der Waals surface area (Å²) in [6.07, 6.45) is 0.431. The van der Waals surface area contributed by atoms with Gasteiger partial charge in [-0.2, -0.15) is 0 Å². The Bertz CT molecular complexity index is 478.